The number of nitrogens with zero attached hydrogens (tertiary/aromatic N) is 4. The Bertz CT molecular complexity index is 1080. The second-order valence-electron chi connectivity index (χ2n) is 5.09. The van der Waals surface area contributed by atoms with E-state index in [1.807, 2.05) is 12.1 Å². The second kappa shape index (κ2) is 5.47. The van der Waals surface area contributed by atoms with Crippen LogP contribution in [0.2, 0.25) is 5.02 Å². The topological polar surface area (TPSA) is 92.4 Å². The highest BCUT2D eigenvalue weighted by Gasteiger charge is 2.15. The van der Waals surface area contributed by atoms with Crippen molar-refractivity contribution >= 4 is 45.8 Å². The Labute approximate surface area is 140 Å². The highest BCUT2D eigenvalue weighted by atomic mass is 35.5. The molecule has 3 heterocycles. The minimum atomic E-state index is -1.10. The van der Waals surface area contributed by atoms with Gasteiger partial charge in [-0.3, -0.25) is 9.38 Å². The fraction of sp³-hybridized carbons (Fsp3) is 0. The zero-order chi connectivity index (χ0) is 16.7. The van der Waals surface area contributed by atoms with Gasteiger partial charge in [0.2, 0.25) is 5.95 Å². The Kier molecular flexibility index (Phi) is 3.28. The first kappa shape index (κ1) is 14.4. The van der Waals surface area contributed by atoms with Gasteiger partial charge in [-0.05, 0) is 30.3 Å². The number of imidazole rings is 1. The molecule has 118 valence electrons. The van der Waals surface area contributed by atoms with E-state index in [4.69, 9.17) is 11.6 Å². The summed E-state index contributed by atoms with van der Waals surface area (Å²) >= 11 is 5.90. The zero-order valence-corrected chi connectivity index (χ0v) is 12.9. The summed E-state index contributed by atoms with van der Waals surface area (Å²) in [7, 11) is 0. The van der Waals surface area contributed by atoms with Gasteiger partial charge >= 0.3 is 5.97 Å². The highest BCUT2D eigenvalue weighted by molar-refractivity contribution is 6.30. The summed E-state index contributed by atoms with van der Waals surface area (Å²) in [4.78, 5) is 24.1. The molecule has 3 aromatic heterocycles. The van der Waals surface area contributed by atoms with Crippen LogP contribution in [0.1, 0.15) is 10.5 Å². The number of halogens is 1. The lowest BCUT2D eigenvalue weighted by Gasteiger charge is -2.09. The maximum absolute atomic E-state index is 11.3. The van der Waals surface area contributed by atoms with Crippen LogP contribution in [0.5, 0.6) is 0 Å². The number of fused-ring (bicyclic) bond motifs is 3. The van der Waals surface area contributed by atoms with Crippen molar-refractivity contribution < 1.29 is 9.90 Å². The Balaban J connectivity index is 1.94. The third-order valence-corrected chi connectivity index (χ3v) is 3.77. The molecule has 2 N–H and O–H groups in total. The van der Waals surface area contributed by atoms with Crippen LogP contribution in [0.15, 0.2) is 48.9 Å². The monoisotopic (exact) mass is 339 g/mol. The van der Waals surface area contributed by atoms with Crippen molar-refractivity contribution in [1.82, 2.24) is 19.4 Å². The number of aromatic nitrogens is 4. The first-order valence-electron chi connectivity index (χ1n) is 7.00. The number of carboxylic acids is 1. The van der Waals surface area contributed by atoms with E-state index in [1.54, 1.807) is 35.0 Å². The van der Waals surface area contributed by atoms with Crippen LogP contribution in [0.4, 0.5) is 11.6 Å². The molecule has 4 rings (SSSR count). The van der Waals surface area contributed by atoms with Gasteiger partial charge in [0.15, 0.2) is 11.3 Å². The molecule has 0 aliphatic heterocycles. The van der Waals surface area contributed by atoms with E-state index in [2.05, 4.69) is 20.3 Å². The van der Waals surface area contributed by atoms with E-state index in [0.717, 1.165) is 5.69 Å². The smallest absolute Gasteiger partial charge is 0.356 e. The fourth-order valence-electron chi connectivity index (χ4n) is 2.41. The van der Waals surface area contributed by atoms with E-state index in [0.29, 0.717) is 27.5 Å². The van der Waals surface area contributed by atoms with Gasteiger partial charge in [0.05, 0.1) is 10.9 Å². The van der Waals surface area contributed by atoms with Crippen LogP contribution < -0.4 is 5.32 Å². The normalized spacial score (nSPS) is 11.0. The molecule has 0 aliphatic carbocycles. The first-order chi connectivity index (χ1) is 11.6. The van der Waals surface area contributed by atoms with E-state index in [-0.39, 0.29) is 5.69 Å². The van der Waals surface area contributed by atoms with Gasteiger partial charge in [-0.15, -0.1) is 0 Å². The van der Waals surface area contributed by atoms with Crippen molar-refractivity contribution in [2.75, 3.05) is 5.32 Å². The van der Waals surface area contributed by atoms with Crippen molar-refractivity contribution in [2.45, 2.75) is 0 Å². The molecular formula is C16H10ClN5O2. The number of hydrogen-bond donors (Lipinski definition) is 2. The molecule has 4 aromatic rings. The number of carboxylic acid groups (broad SMARTS) is 1. The average Bonchev–Trinajstić information content (AvgIpc) is 3.03. The van der Waals surface area contributed by atoms with E-state index in [1.165, 1.54) is 6.20 Å². The Morgan fingerprint density at radius 2 is 1.96 bits per heavy atom. The summed E-state index contributed by atoms with van der Waals surface area (Å²) < 4.78 is 1.60. The maximum atomic E-state index is 11.3. The fourth-order valence-corrected chi connectivity index (χ4v) is 2.54. The molecule has 0 aliphatic rings. The molecule has 8 heteroatoms. The van der Waals surface area contributed by atoms with E-state index >= 15 is 0 Å². The molecule has 1 aromatic carbocycles. The van der Waals surface area contributed by atoms with Crippen molar-refractivity contribution in [3.63, 3.8) is 0 Å². The predicted molar refractivity (Wildman–Crippen MR) is 90.0 cm³/mol. The molecule has 0 bridgehead atoms. The van der Waals surface area contributed by atoms with Crippen LogP contribution in [0.3, 0.4) is 0 Å². The lowest BCUT2D eigenvalue weighted by molar-refractivity contribution is 0.0691. The molecule has 0 radical (unpaired) electrons. The number of anilines is 2. The summed E-state index contributed by atoms with van der Waals surface area (Å²) in [6.07, 6.45) is 4.66. The highest BCUT2D eigenvalue weighted by Crippen LogP contribution is 2.24. The van der Waals surface area contributed by atoms with Crippen LogP contribution in [0.25, 0.3) is 16.6 Å². The lowest BCUT2D eigenvalue weighted by atomic mass is 10.3. The second-order valence-corrected chi connectivity index (χ2v) is 5.52. The predicted octanol–water partition coefficient (Wildman–Crippen LogP) is 3.37. The molecule has 0 spiro atoms. The van der Waals surface area contributed by atoms with Crippen molar-refractivity contribution in [3.8, 4) is 0 Å². The Hall–Kier alpha value is -3.19. The number of aromatic carboxylic acids is 1. The number of carbonyl (C=O) groups is 1. The Morgan fingerprint density at radius 3 is 2.71 bits per heavy atom. The molecule has 0 fully saturated rings. The number of nitrogens with one attached hydrogen (secondary N) is 1. The van der Waals surface area contributed by atoms with Gasteiger partial charge in [-0.25, -0.2) is 14.8 Å². The largest absolute Gasteiger partial charge is 0.476 e. The number of pyridine rings is 1. The summed E-state index contributed by atoms with van der Waals surface area (Å²) in [5.41, 5.74) is 1.85. The standard InChI is InChI=1S/C16H10ClN5O2/c17-9-1-3-10(4-2-9)19-16-21-12-5-6-18-7-11(12)14-20-13(15(23)24)8-22(14)16/h1-8H,(H,19,21)(H,23,24). The SMILES string of the molecule is O=C(O)c1cn2c(Nc3ccc(Cl)cc3)nc3ccncc3c2n1. The minimum Gasteiger partial charge on any atom is -0.476 e. The summed E-state index contributed by atoms with van der Waals surface area (Å²) in [6, 6.07) is 8.87. The lowest BCUT2D eigenvalue weighted by Crippen LogP contribution is -2.02. The molecule has 7 nitrogen and oxygen atoms in total. The number of hydrogen-bond acceptors (Lipinski definition) is 5. The van der Waals surface area contributed by atoms with Crippen molar-refractivity contribution in [1.29, 1.82) is 0 Å². The van der Waals surface area contributed by atoms with Gasteiger partial charge in [-0.2, -0.15) is 0 Å². The summed E-state index contributed by atoms with van der Waals surface area (Å²) in [5.74, 6) is -0.654. The van der Waals surface area contributed by atoms with Gasteiger partial charge in [0.25, 0.3) is 0 Å². The molecule has 0 saturated carbocycles. The van der Waals surface area contributed by atoms with Gasteiger partial charge in [-0.1, -0.05) is 11.6 Å². The van der Waals surface area contributed by atoms with Crippen LogP contribution >= 0.6 is 11.6 Å². The van der Waals surface area contributed by atoms with Crippen LogP contribution in [0, 0.1) is 0 Å². The number of benzene rings is 1. The van der Waals surface area contributed by atoms with Gasteiger partial charge in [0.1, 0.15) is 0 Å². The molecule has 24 heavy (non-hydrogen) atoms. The van der Waals surface area contributed by atoms with Gasteiger partial charge in [0, 0.05) is 29.3 Å². The first-order valence-corrected chi connectivity index (χ1v) is 7.38. The van der Waals surface area contributed by atoms with E-state index < -0.39 is 5.97 Å². The van der Waals surface area contributed by atoms with E-state index in [9.17, 15) is 9.90 Å². The van der Waals surface area contributed by atoms with Gasteiger partial charge < -0.3 is 10.4 Å². The summed E-state index contributed by atoms with van der Waals surface area (Å²) in [6.45, 7) is 0. The van der Waals surface area contributed by atoms with Crippen molar-refractivity contribution in [3.05, 3.63) is 59.6 Å². The van der Waals surface area contributed by atoms with Crippen molar-refractivity contribution in [2.24, 2.45) is 0 Å². The number of rotatable bonds is 3. The maximum Gasteiger partial charge on any atom is 0.356 e. The zero-order valence-electron chi connectivity index (χ0n) is 12.1. The molecule has 0 unspecified atom stereocenters. The van der Waals surface area contributed by atoms with Crippen LogP contribution in [-0.2, 0) is 0 Å². The third kappa shape index (κ3) is 2.40. The molecular weight excluding hydrogens is 330 g/mol. The Morgan fingerprint density at radius 1 is 1.17 bits per heavy atom. The average molecular weight is 340 g/mol. The van der Waals surface area contributed by atoms with Crippen LogP contribution in [-0.4, -0.2) is 30.4 Å². The minimum absolute atomic E-state index is 0.0627. The quantitative estimate of drug-likeness (QED) is 0.594. The third-order valence-electron chi connectivity index (χ3n) is 3.52. The summed E-state index contributed by atoms with van der Waals surface area (Å²) in [5, 5.41) is 13.7. The molecule has 0 saturated heterocycles. The molecule has 0 atom stereocenters. The molecule has 0 amide bonds.